The van der Waals surface area contributed by atoms with Gasteiger partial charge in [0, 0.05) is 55.5 Å². The topological polar surface area (TPSA) is 149 Å². The third kappa shape index (κ3) is 7.14. The summed E-state index contributed by atoms with van der Waals surface area (Å²) >= 11 is 1.38. The summed E-state index contributed by atoms with van der Waals surface area (Å²) in [5, 5.41) is 17.2. The van der Waals surface area contributed by atoms with Gasteiger partial charge in [0.05, 0.1) is 36.8 Å². The highest BCUT2D eigenvalue weighted by atomic mass is 32.1. The van der Waals surface area contributed by atoms with Crippen molar-refractivity contribution < 1.29 is 19.4 Å². The quantitative estimate of drug-likeness (QED) is 0.226. The smallest absolute Gasteiger partial charge is 0.265 e. The number of aromatic nitrogens is 6. The van der Waals surface area contributed by atoms with Crippen LogP contribution in [0, 0.1) is 19.8 Å². The molecular weight excluding hydrogens is 717 g/mol. The molecule has 2 fully saturated rings. The highest BCUT2D eigenvalue weighted by Crippen LogP contribution is 2.37. The number of fused-ring (bicyclic) bond motifs is 1. The van der Waals surface area contributed by atoms with Crippen LogP contribution in [0.1, 0.15) is 51.8 Å². The Morgan fingerprint density at radius 3 is 2.42 bits per heavy atom. The van der Waals surface area contributed by atoms with E-state index in [1.54, 1.807) is 18.0 Å². The summed E-state index contributed by atoms with van der Waals surface area (Å²) in [5.74, 6) is 0.130. The molecule has 2 aromatic carbocycles. The Kier molecular flexibility index (Phi) is 9.78. The molecule has 2 amide bonds. The molecule has 13 nitrogen and oxygen atoms in total. The largest absolute Gasteiger partial charge is 0.497 e. The fourth-order valence-electron chi connectivity index (χ4n) is 7.75. The summed E-state index contributed by atoms with van der Waals surface area (Å²) in [7, 11) is 1.60. The number of carbonyl (C=O) groups excluding carboxylic acids is 2. The first-order valence-electron chi connectivity index (χ1n) is 18.4. The first-order chi connectivity index (χ1) is 26.6. The molecule has 6 heterocycles. The molecule has 1 N–H and O–H groups in total. The molecule has 4 aromatic heterocycles. The molecule has 0 spiro atoms. The maximum Gasteiger partial charge on any atom is 0.265 e. The van der Waals surface area contributed by atoms with Crippen LogP contribution in [0.15, 0.2) is 90.2 Å². The van der Waals surface area contributed by atoms with Gasteiger partial charge in [-0.25, -0.2) is 14.6 Å². The number of aryl methyl sites for hydroxylation is 2. The van der Waals surface area contributed by atoms with Crippen molar-refractivity contribution in [2.75, 3.05) is 33.3 Å². The molecule has 2 aliphatic heterocycles. The zero-order valence-corrected chi connectivity index (χ0v) is 31.8. The van der Waals surface area contributed by atoms with E-state index >= 15 is 0 Å². The van der Waals surface area contributed by atoms with Gasteiger partial charge in [0.25, 0.3) is 11.5 Å². The zero-order chi connectivity index (χ0) is 38.3. The third-order valence-corrected chi connectivity index (χ3v) is 12.1. The van der Waals surface area contributed by atoms with Gasteiger partial charge < -0.3 is 19.6 Å². The second-order valence-corrected chi connectivity index (χ2v) is 15.5. The van der Waals surface area contributed by atoms with Crippen LogP contribution >= 0.6 is 11.3 Å². The van der Waals surface area contributed by atoms with E-state index in [9.17, 15) is 19.5 Å². The first-order valence-corrected chi connectivity index (χ1v) is 19.3. The monoisotopic (exact) mass is 758 g/mol. The fourth-order valence-corrected chi connectivity index (χ4v) is 8.78. The molecule has 0 unspecified atom stereocenters. The van der Waals surface area contributed by atoms with Gasteiger partial charge in [-0.15, -0.1) is 11.3 Å². The number of rotatable bonds is 8. The molecule has 8 rings (SSSR count). The zero-order valence-electron chi connectivity index (χ0n) is 31.0. The molecule has 2 saturated heterocycles. The van der Waals surface area contributed by atoms with Crippen molar-refractivity contribution >= 4 is 34.2 Å². The van der Waals surface area contributed by atoms with Gasteiger partial charge in [-0.05, 0) is 75.1 Å². The Morgan fingerprint density at radius 2 is 1.71 bits per heavy atom. The Morgan fingerprint density at radius 1 is 0.945 bits per heavy atom. The van der Waals surface area contributed by atoms with Gasteiger partial charge in [-0.3, -0.25) is 23.9 Å². The van der Waals surface area contributed by atoms with Crippen molar-refractivity contribution in [1.29, 1.82) is 0 Å². The Bertz CT molecular complexity index is 2400. The lowest BCUT2D eigenvalue weighted by Gasteiger charge is -2.43. The van der Waals surface area contributed by atoms with Gasteiger partial charge in [0.1, 0.15) is 27.3 Å². The van der Waals surface area contributed by atoms with Gasteiger partial charge in [0.15, 0.2) is 5.65 Å². The number of benzene rings is 2. The predicted molar refractivity (Wildman–Crippen MR) is 208 cm³/mol. The van der Waals surface area contributed by atoms with Crippen LogP contribution in [-0.4, -0.2) is 94.9 Å². The Balaban J connectivity index is 0.947. The van der Waals surface area contributed by atoms with Crippen molar-refractivity contribution in [3.63, 3.8) is 0 Å². The van der Waals surface area contributed by atoms with Crippen molar-refractivity contribution in [2.24, 2.45) is 5.92 Å². The van der Waals surface area contributed by atoms with Crippen molar-refractivity contribution in [2.45, 2.75) is 51.2 Å². The van der Waals surface area contributed by atoms with Crippen LogP contribution in [0.25, 0.3) is 27.3 Å². The molecule has 0 radical (unpaired) electrons. The lowest BCUT2D eigenvalue weighted by atomic mass is 9.79. The number of piperidine rings is 2. The molecule has 0 saturated carbocycles. The number of amides is 2. The van der Waals surface area contributed by atoms with Crippen LogP contribution < -0.4 is 10.3 Å². The molecule has 55 heavy (non-hydrogen) atoms. The van der Waals surface area contributed by atoms with Crippen LogP contribution in [0.3, 0.4) is 0 Å². The number of nitrogens with zero attached hydrogens (tertiary/aromatic N) is 8. The third-order valence-electron chi connectivity index (χ3n) is 10.9. The summed E-state index contributed by atoms with van der Waals surface area (Å²) in [6.07, 6.45) is 5.87. The number of pyridine rings is 1. The van der Waals surface area contributed by atoms with Crippen molar-refractivity contribution in [1.82, 2.24) is 39.1 Å². The lowest BCUT2D eigenvalue weighted by molar-refractivity contribution is -0.142. The normalized spacial score (nSPS) is 18.4. The molecular formula is C41H42N8O5S. The molecule has 2 aliphatic rings. The molecule has 2 atom stereocenters. The molecule has 14 heteroatoms. The van der Waals surface area contributed by atoms with E-state index in [-0.39, 0.29) is 35.8 Å². The molecule has 6 aromatic rings. The van der Waals surface area contributed by atoms with E-state index in [0.717, 1.165) is 27.5 Å². The highest BCUT2D eigenvalue weighted by Gasteiger charge is 2.42. The predicted octanol–water partition coefficient (Wildman–Crippen LogP) is 5.03. The number of ether oxygens (including phenoxy) is 1. The Labute approximate surface area is 321 Å². The number of thiazole rings is 1. The summed E-state index contributed by atoms with van der Waals surface area (Å²) in [5.41, 5.74) is 3.16. The molecule has 0 aliphatic carbocycles. The van der Waals surface area contributed by atoms with E-state index in [1.807, 2.05) is 90.4 Å². The van der Waals surface area contributed by atoms with E-state index in [0.29, 0.717) is 72.8 Å². The lowest BCUT2D eigenvalue weighted by Crippen LogP contribution is -2.53. The van der Waals surface area contributed by atoms with E-state index in [1.165, 1.54) is 28.4 Å². The minimum Gasteiger partial charge on any atom is -0.497 e. The number of likely N-dealkylation sites (tertiary alicyclic amines) is 2. The van der Waals surface area contributed by atoms with Crippen LogP contribution in [0.2, 0.25) is 0 Å². The molecule has 0 bridgehead atoms. The standard InChI is InChI=1S/C41H42N8O5S/c1-26-9-10-29(21-42-26)37-45-27(2)35(55-37)40(52)47-18-15-32(34(23-47)28-7-5-4-6-8-28)38(50)46-19-16-41(53,17-20-46)24-48-25-43-36-33(39(48)51)22-44-49(36)30-11-13-31(54-3)14-12-30/h4-14,21-22,25,32,34,53H,15-20,23-24H2,1-3H3/t32-,34+/m1/s1. The second kappa shape index (κ2) is 14.8. The maximum absolute atomic E-state index is 14.3. The second-order valence-electron chi connectivity index (χ2n) is 14.5. The summed E-state index contributed by atoms with van der Waals surface area (Å²) in [6.45, 7) is 5.41. The SMILES string of the molecule is COc1ccc(-n2ncc3c(=O)n(CC4(O)CCN(C(=O)[C@@H]5CCN(C(=O)c6sc(-c7ccc(C)nc7)nc6C)C[C@H]5c5ccccc5)CC4)cnc32)cc1. The minimum atomic E-state index is -1.20. The fraction of sp³-hybridized carbons (Fsp3) is 0.341. The average molecular weight is 759 g/mol. The average Bonchev–Trinajstić information content (AvgIpc) is 3.83. The first kappa shape index (κ1) is 36.3. The number of aliphatic hydroxyl groups is 1. The van der Waals surface area contributed by atoms with Crippen molar-refractivity contribution in [3.8, 4) is 22.0 Å². The van der Waals surface area contributed by atoms with Gasteiger partial charge in [-0.1, -0.05) is 30.3 Å². The maximum atomic E-state index is 14.3. The van der Waals surface area contributed by atoms with Crippen LogP contribution in [0.4, 0.5) is 0 Å². The van der Waals surface area contributed by atoms with Crippen LogP contribution in [0.5, 0.6) is 5.75 Å². The Hall–Kier alpha value is -5.73. The van der Waals surface area contributed by atoms with E-state index < -0.39 is 5.60 Å². The number of hydrogen-bond acceptors (Lipinski definition) is 10. The highest BCUT2D eigenvalue weighted by molar-refractivity contribution is 7.17. The van der Waals surface area contributed by atoms with Crippen LogP contribution in [-0.2, 0) is 11.3 Å². The summed E-state index contributed by atoms with van der Waals surface area (Å²) in [6, 6.07) is 21.1. The number of hydrogen-bond donors (Lipinski definition) is 1. The van der Waals surface area contributed by atoms with E-state index in [2.05, 4.69) is 15.1 Å². The summed E-state index contributed by atoms with van der Waals surface area (Å²) < 4.78 is 8.28. The van der Waals surface area contributed by atoms with Crippen molar-refractivity contribution in [3.05, 3.63) is 118 Å². The molecule has 282 valence electrons. The van der Waals surface area contributed by atoms with Gasteiger partial charge in [0.2, 0.25) is 5.91 Å². The van der Waals surface area contributed by atoms with Gasteiger partial charge >= 0.3 is 0 Å². The van der Waals surface area contributed by atoms with Gasteiger partial charge in [-0.2, -0.15) is 5.10 Å². The summed E-state index contributed by atoms with van der Waals surface area (Å²) in [4.78, 5) is 59.8. The number of carbonyl (C=O) groups is 2. The minimum absolute atomic E-state index is 0.0253. The van der Waals surface area contributed by atoms with E-state index in [4.69, 9.17) is 9.72 Å². The number of methoxy groups -OCH3 is 1.